The second-order valence-corrected chi connectivity index (χ2v) is 8.95. The van der Waals surface area contributed by atoms with Crippen molar-refractivity contribution in [3.8, 4) is 0 Å². The smallest absolute Gasteiger partial charge is 0.305 e. The van der Waals surface area contributed by atoms with Crippen LogP contribution in [0.3, 0.4) is 0 Å². The zero-order chi connectivity index (χ0) is 16.4. The van der Waals surface area contributed by atoms with E-state index in [-0.39, 0.29) is 11.9 Å². The van der Waals surface area contributed by atoms with E-state index < -0.39 is 11.6 Å². The summed E-state index contributed by atoms with van der Waals surface area (Å²) in [6.45, 7) is 0. The third kappa shape index (κ3) is 2.27. The molecule has 0 amide bonds. The van der Waals surface area contributed by atoms with Crippen LogP contribution < -0.4 is 0 Å². The van der Waals surface area contributed by atoms with Crippen molar-refractivity contribution in [1.82, 2.24) is 0 Å². The second-order valence-electron chi connectivity index (χ2n) is 8.95. The van der Waals surface area contributed by atoms with Gasteiger partial charge in [-0.05, 0) is 62.7 Å². The summed E-state index contributed by atoms with van der Waals surface area (Å²) in [6, 6.07) is 0. The Hall–Kier alpha value is -0.650. The molecule has 6 rings (SSSR count). The van der Waals surface area contributed by atoms with Gasteiger partial charge in [0.15, 0.2) is 0 Å². The van der Waals surface area contributed by atoms with Crippen LogP contribution in [0.2, 0.25) is 0 Å². The fourth-order valence-corrected chi connectivity index (χ4v) is 6.58. The Morgan fingerprint density at radius 1 is 1.08 bits per heavy atom. The molecule has 6 aliphatic rings. The third-order valence-electron chi connectivity index (χ3n) is 7.40. The molecule has 0 aromatic rings. The van der Waals surface area contributed by atoms with Gasteiger partial charge in [-0.2, -0.15) is 9.78 Å². The number of hydrogen-bond acceptors (Lipinski definition) is 5. The average molecular weight is 336 g/mol. The van der Waals surface area contributed by atoms with Gasteiger partial charge in [-0.15, -0.1) is 0 Å². The van der Waals surface area contributed by atoms with Gasteiger partial charge < -0.3 is 9.47 Å². The van der Waals surface area contributed by atoms with Crippen LogP contribution in [-0.4, -0.2) is 24.7 Å². The van der Waals surface area contributed by atoms with Gasteiger partial charge in [0.25, 0.3) is 0 Å². The van der Waals surface area contributed by atoms with Gasteiger partial charge in [0.2, 0.25) is 11.6 Å². The van der Waals surface area contributed by atoms with Crippen LogP contribution in [0.15, 0.2) is 0 Å². The van der Waals surface area contributed by atoms with E-state index in [0.717, 1.165) is 37.5 Å². The maximum absolute atomic E-state index is 11.6. The molecule has 1 heterocycles. The monoisotopic (exact) mass is 336 g/mol. The fraction of sp³-hybridized carbons (Fsp3) is 0.947. The highest BCUT2D eigenvalue weighted by molar-refractivity contribution is 5.69. The van der Waals surface area contributed by atoms with E-state index in [1.165, 1.54) is 39.2 Å². The molecule has 5 aliphatic carbocycles. The van der Waals surface area contributed by atoms with Crippen LogP contribution in [0.5, 0.6) is 0 Å². The fourth-order valence-electron chi connectivity index (χ4n) is 6.58. The minimum atomic E-state index is -0.633. The molecular weight excluding hydrogens is 308 g/mol. The van der Waals surface area contributed by atoms with Gasteiger partial charge in [0, 0.05) is 31.1 Å². The normalized spacial score (nSPS) is 52.3. The van der Waals surface area contributed by atoms with Crippen molar-refractivity contribution in [3.63, 3.8) is 0 Å². The van der Waals surface area contributed by atoms with Gasteiger partial charge >= 0.3 is 5.97 Å². The van der Waals surface area contributed by atoms with E-state index in [4.69, 9.17) is 19.2 Å². The molecule has 6 fully saturated rings. The minimum Gasteiger partial charge on any atom is -0.469 e. The second kappa shape index (κ2) is 5.42. The maximum Gasteiger partial charge on any atom is 0.305 e. The quantitative estimate of drug-likeness (QED) is 0.570. The van der Waals surface area contributed by atoms with E-state index in [1.54, 1.807) is 0 Å². The van der Waals surface area contributed by atoms with Gasteiger partial charge in [0.1, 0.15) is 0 Å². The van der Waals surface area contributed by atoms with Crippen molar-refractivity contribution in [1.29, 1.82) is 0 Å². The zero-order valence-corrected chi connectivity index (χ0v) is 14.5. The maximum atomic E-state index is 11.6. The lowest BCUT2D eigenvalue weighted by molar-refractivity contribution is -0.390. The molecule has 4 bridgehead atoms. The molecule has 5 heteroatoms. The van der Waals surface area contributed by atoms with Crippen molar-refractivity contribution in [2.75, 3.05) is 7.11 Å². The minimum absolute atomic E-state index is 0.139. The van der Waals surface area contributed by atoms with Crippen LogP contribution in [0.25, 0.3) is 0 Å². The van der Waals surface area contributed by atoms with Crippen molar-refractivity contribution in [2.24, 2.45) is 29.6 Å². The number of rotatable bonds is 2. The van der Waals surface area contributed by atoms with Gasteiger partial charge in [-0.1, -0.05) is 0 Å². The highest BCUT2D eigenvalue weighted by atomic mass is 17.3. The highest BCUT2D eigenvalue weighted by Gasteiger charge is 2.66. The molecular formula is C19H28O5. The van der Waals surface area contributed by atoms with Gasteiger partial charge in [0.05, 0.1) is 7.11 Å². The van der Waals surface area contributed by atoms with Crippen molar-refractivity contribution in [3.05, 3.63) is 0 Å². The molecule has 2 atom stereocenters. The lowest BCUT2D eigenvalue weighted by atomic mass is 9.53. The summed E-state index contributed by atoms with van der Waals surface area (Å²) in [5, 5.41) is 0. The Kier molecular flexibility index (Phi) is 3.52. The predicted molar refractivity (Wildman–Crippen MR) is 84.4 cm³/mol. The molecule has 1 aliphatic heterocycles. The standard InChI is InChI=1S/C19H28O5/c1-21-17(20)10-12-3-2-4-18(11-12)22-19(24-23-18)15-6-13-5-14(8-15)9-16(19)7-13/h12-16H,2-11H2,1H3. The van der Waals surface area contributed by atoms with E-state index in [2.05, 4.69) is 0 Å². The molecule has 2 unspecified atom stereocenters. The Balaban J connectivity index is 1.34. The van der Waals surface area contributed by atoms with Crippen molar-refractivity contribution < 1.29 is 24.0 Å². The number of methoxy groups -OCH3 is 1. The highest BCUT2D eigenvalue weighted by Crippen LogP contribution is 2.64. The molecule has 1 saturated heterocycles. The number of hydrogen-bond donors (Lipinski definition) is 0. The molecule has 5 saturated carbocycles. The van der Waals surface area contributed by atoms with Gasteiger partial charge in [-0.3, -0.25) is 4.79 Å². The molecule has 0 radical (unpaired) electrons. The summed E-state index contributed by atoms with van der Waals surface area (Å²) in [7, 11) is 1.45. The molecule has 24 heavy (non-hydrogen) atoms. The van der Waals surface area contributed by atoms with E-state index >= 15 is 0 Å². The summed E-state index contributed by atoms with van der Waals surface area (Å²) in [4.78, 5) is 23.6. The van der Waals surface area contributed by atoms with Gasteiger partial charge in [-0.25, -0.2) is 0 Å². The Morgan fingerprint density at radius 2 is 1.79 bits per heavy atom. The number of carbonyl (C=O) groups excluding carboxylic acids is 1. The average Bonchev–Trinajstić information content (AvgIpc) is 2.92. The Labute approximate surface area is 143 Å². The molecule has 0 aromatic carbocycles. The van der Waals surface area contributed by atoms with Crippen LogP contribution in [0, 0.1) is 29.6 Å². The predicted octanol–water partition coefficient (Wildman–Crippen LogP) is 3.57. The molecule has 0 N–H and O–H groups in total. The summed E-state index contributed by atoms with van der Waals surface area (Å²) >= 11 is 0. The lowest BCUT2D eigenvalue weighted by Crippen LogP contribution is -2.59. The van der Waals surface area contributed by atoms with Crippen LogP contribution in [-0.2, 0) is 24.0 Å². The Bertz CT molecular complexity index is 504. The van der Waals surface area contributed by atoms with Crippen LogP contribution >= 0.6 is 0 Å². The molecule has 2 spiro atoms. The summed E-state index contributed by atoms with van der Waals surface area (Å²) in [6.07, 6.45) is 10.5. The largest absolute Gasteiger partial charge is 0.469 e. The number of carbonyl (C=O) groups is 1. The first-order valence-corrected chi connectivity index (χ1v) is 9.74. The van der Waals surface area contributed by atoms with Crippen LogP contribution in [0.4, 0.5) is 0 Å². The molecule has 134 valence electrons. The SMILES string of the molecule is COC(=O)CC1CCCC2(C1)OOC1(O2)C2CC3CC(C2)CC1C3. The molecule has 5 nitrogen and oxygen atoms in total. The zero-order valence-electron chi connectivity index (χ0n) is 14.5. The van der Waals surface area contributed by atoms with E-state index in [0.29, 0.717) is 18.3 Å². The first kappa shape index (κ1) is 15.6. The summed E-state index contributed by atoms with van der Waals surface area (Å²) in [5.74, 6) is 1.73. The number of esters is 1. The Morgan fingerprint density at radius 3 is 2.46 bits per heavy atom. The topological polar surface area (TPSA) is 54.0 Å². The van der Waals surface area contributed by atoms with Crippen LogP contribution in [0.1, 0.15) is 64.2 Å². The summed E-state index contributed by atoms with van der Waals surface area (Å²) in [5.41, 5.74) is 0. The van der Waals surface area contributed by atoms with E-state index in [1.807, 2.05) is 0 Å². The summed E-state index contributed by atoms with van der Waals surface area (Å²) < 4.78 is 11.5. The van der Waals surface area contributed by atoms with E-state index in [9.17, 15) is 4.79 Å². The van der Waals surface area contributed by atoms with Crippen molar-refractivity contribution in [2.45, 2.75) is 75.8 Å². The number of ether oxygens (including phenoxy) is 2. The first-order valence-electron chi connectivity index (χ1n) is 9.74. The third-order valence-corrected chi connectivity index (χ3v) is 7.40. The lowest BCUT2D eigenvalue weighted by Gasteiger charge is -2.57. The van der Waals surface area contributed by atoms with Crippen molar-refractivity contribution >= 4 is 5.97 Å². The first-order chi connectivity index (χ1) is 11.6. The molecule has 0 aromatic heterocycles.